The van der Waals surface area contributed by atoms with Crippen molar-refractivity contribution in [3.05, 3.63) is 0 Å². The maximum atomic E-state index is 12.2. The molecule has 0 aliphatic heterocycles. The lowest BCUT2D eigenvalue weighted by Crippen LogP contribution is -2.36. The summed E-state index contributed by atoms with van der Waals surface area (Å²) in [5.74, 6) is 1.25. The zero-order chi connectivity index (χ0) is 15.9. The summed E-state index contributed by atoms with van der Waals surface area (Å²) < 4.78 is 0. The van der Waals surface area contributed by atoms with Crippen LogP contribution in [0.4, 0.5) is 0 Å². The van der Waals surface area contributed by atoms with Gasteiger partial charge in [-0.1, -0.05) is 47.0 Å². The second kappa shape index (κ2) is 8.77. The van der Waals surface area contributed by atoms with Crippen molar-refractivity contribution in [1.82, 2.24) is 5.32 Å². The molecule has 1 aliphatic rings. The Hall–Kier alpha value is -0.570. The molecule has 1 atom stereocenters. The monoisotopic (exact) mass is 297 g/mol. The maximum absolute atomic E-state index is 12.2. The summed E-state index contributed by atoms with van der Waals surface area (Å²) in [6, 6.07) is 0. The predicted molar refractivity (Wildman–Crippen MR) is 88.1 cm³/mol. The minimum atomic E-state index is -0.359. The van der Waals surface area contributed by atoms with Gasteiger partial charge < -0.3 is 10.4 Å². The zero-order valence-electron chi connectivity index (χ0n) is 14.5. The Morgan fingerprint density at radius 1 is 1.24 bits per heavy atom. The first-order chi connectivity index (χ1) is 9.84. The molecule has 0 heterocycles. The molecule has 0 aromatic rings. The summed E-state index contributed by atoms with van der Waals surface area (Å²) in [5.41, 5.74) is -0.109. The zero-order valence-corrected chi connectivity index (χ0v) is 14.5. The van der Waals surface area contributed by atoms with Crippen LogP contribution in [0.3, 0.4) is 0 Å². The van der Waals surface area contributed by atoms with E-state index in [1.165, 1.54) is 32.1 Å². The topological polar surface area (TPSA) is 49.3 Å². The lowest BCUT2D eigenvalue weighted by Gasteiger charge is -2.28. The normalized spacial score (nSPS) is 24.6. The number of amides is 1. The molecule has 1 unspecified atom stereocenters. The highest BCUT2D eigenvalue weighted by Crippen LogP contribution is 2.32. The molecule has 0 aromatic heterocycles. The Morgan fingerprint density at radius 2 is 1.86 bits per heavy atom. The quantitative estimate of drug-likeness (QED) is 0.749. The van der Waals surface area contributed by atoms with Crippen LogP contribution in [0.2, 0.25) is 0 Å². The van der Waals surface area contributed by atoms with Gasteiger partial charge in [-0.25, -0.2) is 0 Å². The third-order valence-corrected chi connectivity index (χ3v) is 4.90. The van der Waals surface area contributed by atoms with E-state index in [4.69, 9.17) is 0 Å². The van der Waals surface area contributed by atoms with Crippen LogP contribution in [0.5, 0.6) is 0 Å². The molecule has 1 amide bonds. The highest BCUT2D eigenvalue weighted by atomic mass is 16.3. The molecule has 0 saturated heterocycles. The Bertz CT molecular complexity index is 301. The van der Waals surface area contributed by atoms with Crippen molar-refractivity contribution in [2.45, 2.75) is 85.2 Å². The molecule has 1 fully saturated rings. The standard InChI is InChI=1S/C18H35NO2/c1-5-6-7-14-8-10-15(11-9-14)17(21)19-13-12-16(20)18(2,3)4/h14-16,20H,5-13H2,1-4H3,(H,19,21). The fraction of sp³-hybridized carbons (Fsp3) is 0.944. The number of hydrogen-bond acceptors (Lipinski definition) is 2. The average molecular weight is 297 g/mol. The SMILES string of the molecule is CCCCC1CCC(C(=O)NCCC(O)C(C)(C)C)CC1. The summed E-state index contributed by atoms with van der Waals surface area (Å²) in [4.78, 5) is 12.2. The van der Waals surface area contributed by atoms with Gasteiger partial charge in [0.2, 0.25) is 5.91 Å². The van der Waals surface area contributed by atoms with Crippen molar-refractivity contribution in [2.75, 3.05) is 6.54 Å². The highest BCUT2D eigenvalue weighted by molar-refractivity contribution is 5.78. The first kappa shape index (κ1) is 18.5. The number of hydrogen-bond donors (Lipinski definition) is 2. The van der Waals surface area contributed by atoms with Crippen molar-refractivity contribution in [3.8, 4) is 0 Å². The van der Waals surface area contributed by atoms with Crippen molar-refractivity contribution >= 4 is 5.91 Å². The molecule has 21 heavy (non-hydrogen) atoms. The van der Waals surface area contributed by atoms with Gasteiger partial charge in [-0.2, -0.15) is 0 Å². The van der Waals surface area contributed by atoms with Crippen LogP contribution in [-0.4, -0.2) is 23.7 Å². The summed E-state index contributed by atoms with van der Waals surface area (Å²) in [6.07, 6.45) is 8.73. The largest absolute Gasteiger partial charge is 0.393 e. The second-order valence-corrected chi connectivity index (χ2v) is 7.82. The molecule has 3 heteroatoms. The van der Waals surface area contributed by atoms with E-state index in [0.717, 1.165) is 18.8 Å². The highest BCUT2D eigenvalue weighted by Gasteiger charge is 2.26. The molecule has 2 N–H and O–H groups in total. The number of unbranched alkanes of at least 4 members (excludes halogenated alkanes) is 1. The molecule has 0 aromatic carbocycles. The number of nitrogens with one attached hydrogen (secondary N) is 1. The van der Waals surface area contributed by atoms with E-state index in [-0.39, 0.29) is 23.3 Å². The smallest absolute Gasteiger partial charge is 0.223 e. The molecule has 3 nitrogen and oxygen atoms in total. The Labute approximate surface area is 130 Å². The Balaban J connectivity index is 2.19. The van der Waals surface area contributed by atoms with Gasteiger partial charge in [0.15, 0.2) is 0 Å². The number of carbonyl (C=O) groups excluding carboxylic acids is 1. The van der Waals surface area contributed by atoms with Crippen molar-refractivity contribution in [3.63, 3.8) is 0 Å². The van der Waals surface area contributed by atoms with Crippen molar-refractivity contribution < 1.29 is 9.90 Å². The van der Waals surface area contributed by atoms with Crippen LogP contribution in [0.15, 0.2) is 0 Å². The van der Waals surface area contributed by atoms with E-state index in [0.29, 0.717) is 13.0 Å². The van der Waals surface area contributed by atoms with Crippen LogP contribution < -0.4 is 5.32 Å². The molecule has 1 saturated carbocycles. The molecule has 0 spiro atoms. The van der Waals surface area contributed by atoms with Crippen molar-refractivity contribution in [2.24, 2.45) is 17.3 Å². The van der Waals surface area contributed by atoms with Gasteiger partial charge in [0.25, 0.3) is 0 Å². The Morgan fingerprint density at radius 3 is 2.38 bits per heavy atom. The van der Waals surface area contributed by atoms with E-state index in [1.54, 1.807) is 0 Å². The number of carbonyl (C=O) groups is 1. The van der Waals surface area contributed by atoms with E-state index in [2.05, 4.69) is 12.2 Å². The summed E-state index contributed by atoms with van der Waals surface area (Å²) in [6.45, 7) is 8.91. The van der Waals surface area contributed by atoms with E-state index < -0.39 is 0 Å². The molecule has 0 bridgehead atoms. The number of aliphatic hydroxyl groups excluding tert-OH is 1. The third-order valence-electron chi connectivity index (χ3n) is 4.90. The number of rotatable bonds is 7. The minimum Gasteiger partial charge on any atom is -0.393 e. The molecular formula is C18H35NO2. The predicted octanol–water partition coefficient (Wildman–Crippen LogP) is 3.90. The van der Waals surface area contributed by atoms with Crippen LogP contribution in [0, 0.1) is 17.3 Å². The molecule has 1 rings (SSSR count). The van der Waals surface area contributed by atoms with Gasteiger partial charge >= 0.3 is 0 Å². The van der Waals surface area contributed by atoms with Gasteiger partial charge in [-0.05, 0) is 43.4 Å². The van der Waals surface area contributed by atoms with Crippen molar-refractivity contribution in [1.29, 1.82) is 0 Å². The Kier molecular flexibility index (Phi) is 7.72. The molecule has 1 aliphatic carbocycles. The van der Waals surface area contributed by atoms with Gasteiger partial charge in [-0.15, -0.1) is 0 Å². The van der Waals surface area contributed by atoms with E-state index in [1.807, 2.05) is 20.8 Å². The fourth-order valence-corrected chi connectivity index (χ4v) is 3.12. The van der Waals surface area contributed by atoms with Crippen LogP contribution in [0.1, 0.15) is 79.1 Å². The van der Waals surface area contributed by atoms with Gasteiger partial charge in [0.1, 0.15) is 0 Å². The summed E-state index contributed by atoms with van der Waals surface area (Å²) >= 11 is 0. The lowest BCUT2D eigenvalue weighted by atomic mass is 9.79. The summed E-state index contributed by atoms with van der Waals surface area (Å²) in [7, 11) is 0. The maximum Gasteiger partial charge on any atom is 0.223 e. The lowest BCUT2D eigenvalue weighted by molar-refractivity contribution is -0.126. The average Bonchev–Trinajstić information content (AvgIpc) is 2.44. The van der Waals surface area contributed by atoms with Crippen LogP contribution in [0.25, 0.3) is 0 Å². The number of aliphatic hydroxyl groups is 1. The van der Waals surface area contributed by atoms with Crippen LogP contribution in [-0.2, 0) is 4.79 Å². The van der Waals surface area contributed by atoms with Crippen LogP contribution >= 0.6 is 0 Å². The summed E-state index contributed by atoms with van der Waals surface area (Å²) in [5, 5.41) is 13.0. The minimum absolute atomic E-state index is 0.109. The third kappa shape index (κ3) is 6.82. The van der Waals surface area contributed by atoms with Gasteiger partial charge in [0, 0.05) is 12.5 Å². The molecule has 124 valence electrons. The van der Waals surface area contributed by atoms with Gasteiger partial charge in [-0.3, -0.25) is 4.79 Å². The van der Waals surface area contributed by atoms with Gasteiger partial charge in [0.05, 0.1) is 6.10 Å². The van der Waals surface area contributed by atoms with E-state index in [9.17, 15) is 9.90 Å². The fourth-order valence-electron chi connectivity index (χ4n) is 3.12. The second-order valence-electron chi connectivity index (χ2n) is 7.82. The van der Waals surface area contributed by atoms with E-state index >= 15 is 0 Å². The first-order valence-electron chi connectivity index (χ1n) is 8.80. The molecule has 0 radical (unpaired) electrons. The first-order valence-corrected chi connectivity index (χ1v) is 8.80. The molecular weight excluding hydrogens is 262 g/mol.